The van der Waals surface area contributed by atoms with Crippen molar-refractivity contribution in [2.24, 2.45) is 0 Å². The van der Waals surface area contributed by atoms with Crippen LogP contribution in [0, 0.1) is 6.92 Å². The van der Waals surface area contributed by atoms with Crippen molar-refractivity contribution in [3.05, 3.63) is 127 Å². The maximum absolute atomic E-state index is 12.8. The third-order valence-electron chi connectivity index (χ3n) is 6.68. The number of halogens is 2. The molecule has 194 valence electrons. The van der Waals surface area contributed by atoms with Gasteiger partial charge in [-0.1, -0.05) is 66.5 Å². The van der Waals surface area contributed by atoms with E-state index >= 15 is 0 Å². The van der Waals surface area contributed by atoms with Crippen LogP contribution in [0.1, 0.15) is 52.0 Å². The standard InChI is InChI=1S/C32H29Cl2NO3/c1-4-21-5-7-22(8-6-21)13-14-35-32(38)24-11-9-23(10-12-24)31(25-17-27(33)29(36)15-19(25)2)26-18-28(34)30(37)16-20(26)3/h5-12,15-18,36H,4,13-14H2,1-3H3,(H,35,38)/b31-26-. The molecule has 0 radical (unpaired) electrons. The Morgan fingerprint density at radius 3 is 2.18 bits per heavy atom. The Labute approximate surface area is 233 Å². The Morgan fingerprint density at radius 2 is 1.53 bits per heavy atom. The van der Waals surface area contributed by atoms with E-state index in [1.165, 1.54) is 17.2 Å². The van der Waals surface area contributed by atoms with Crippen LogP contribution in [0.25, 0.3) is 5.57 Å². The molecule has 1 aliphatic rings. The molecule has 0 unspecified atom stereocenters. The van der Waals surface area contributed by atoms with Crippen LogP contribution in [-0.4, -0.2) is 23.3 Å². The third-order valence-corrected chi connectivity index (χ3v) is 7.28. The van der Waals surface area contributed by atoms with Crippen molar-refractivity contribution in [2.75, 3.05) is 6.54 Å². The first-order valence-corrected chi connectivity index (χ1v) is 13.2. The van der Waals surface area contributed by atoms with Crippen molar-refractivity contribution in [3.8, 4) is 5.75 Å². The molecule has 0 bridgehead atoms. The lowest BCUT2D eigenvalue weighted by Crippen LogP contribution is -2.25. The summed E-state index contributed by atoms with van der Waals surface area (Å²) in [5, 5.41) is 13.4. The van der Waals surface area contributed by atoms with Crippen molar-refractivity contribution >= 4 is 40.5 Å². The van der Waals surface area contributed by atoms with E-state index in [9.17, 15) is 14.7 Å². The van der Waals surface area contributed by atoms with Gasteiger partial charge in [-0.05, 0) is 108 Å². The molecule has 0 saturated heterocycles. The number of carbonyl (C=O) groups excluding carboxylic acids is 2. The van der Waals surface area contributed by atoms with Crippen molar-refractivity contribution in [1.82, 2.24) is 5.32 Å². The van der Waals surface area contributed by atoms with E-state index in [0.29, 0.717) is 12.1 Å². The number of benzene rings is 3. The summed E-state index contributed by atoms with van der Waals surface area (Å²) in [6.07, 6.45) is 4.92. The van der Waals surface area contributed by atoms with Gasteiger partial charge in [0.25, 0.3) is 5.91 Å². The Kier molecular flexibility index (Phi) is 8.55. The summed E-state index contributed by atoms with van der Waals surface area (Å²) >= 11 is 12.5. The van der Waals surface area contributed by atoms with Crippen LogP contribution in [-0.2, 0) is 17.6 Å². The van der Waals surface area contributed by atoms with Crippen LogP contribution >= 0.6 is 23.2 Å². The predicted molar refractivity (Wildman–Crippen MR) is 155 cm³/mol. The molecule has 4 rings (SSSR count). The van der Waals surface area contributed by atoms with Gasteiger partial charge < -0.3 is 10.4 Å². The Morgan fingerprint density at radius 1 is 0.895 bits per heavy atom. The van der Waals surface area contributed by atoms with Crippen LogP contribution < -0.4 is 5.32 Å². The van der Waals surface area contributed by atoms with Gasteiger partial charge in [0.2, 0.25) is 0 Å². The summed E-state index contributed by atoms with van der Waals surface area (Å²) in [5.41, 5.74) is 7.75. The first kappa shape index (κ1) is 27.4. The van der Waals surface area contributed by atoms with Gasteiger partial charge in [0, 0.05) is 12.1 Å². The first-order chi connectivity index (χ1) is 18.2. The lowest BCUT2D eigenvalue weighted by atomic mass is 9.85. The normalized spacial score (nSPS) is 14.6. The zero-order valence-corrected chi connectivity index (χ0v) is 23.1. The van der Waals surface area contributed by atoms with Gasteiger partial charge in [-0.2, -0.15) is 0 Å². The summed E-state index contributed by atoms with van der Waals surface area (Å²) in [4.78, 5) is 25.0. The lowest BCUT2D eigenvalue weighted by Gasteiger charge is -2.20. The molecule has 0 atom stereocenters. The fourth-order valence-corrected chi connectivity index (χ4v) is 4.80. The maximum atomic E-state index is 12.8. The Bertz CT molecular complexity index is 1480. The number of aromatic hydroxyl groups is 1. The van der Waals surface area contributed by atoms with Gasteiger partial charge in [0.15, 0.2) is 5.78 Å². The average molecular weight is 546 g/mol. The van der Waals surface area contributed by atoms with Gasteiger partial charge >= 0.3 is 0 Å². The quantitative estimate of drug-likeness (QED) is 0.326. The molecule has 0 saturated carbocycles. The summed E-state index contributed by atoms with van der Waals surface area (Å²) < 4.78 is 0. The van der Waals surface area contributed by atoms with Crippen LogP contribution in [0.4, 0.5) is 0 Å². The van der Waals surface area contributed by atoms with Gasteiger partial charge in [0.05, 0.1) is 10.1 Å². The summed E-state index contributed by atoms with van der Waals surface area (Å²) in [5.74, 6) is -0.409. The third kappa shape index (κ3) is 6.09. The number of phenols is 1. The van der Waals surface area contributed by atoms with Gasteiger partial charge in [-0.15, -0.1) is 0 Å². The van der Waals surface area contributed by atoms with E-state index in [4.69, 9.17) is 23.2 Å². The molecule has 0 spiro atoms. The topological polar surface area (TPSA) is 66.4 Å². The fourth-order valence-electron chi connectivity index (χ4n) is 4.47. The maximum Gasteiger partial charge on any atom is 0.251 e. The van der Waals surface area contributed by atoms with E-state index in [0.717, 1.165) is 46.3 Å². The molecular weight excluding hydrogens is 517 g/mol. The molecule has 1 aliphatic carbocycles. The van der Waals surface area contributed by atoms with Crippen LogP contribution in [0.15, 0.2) is 89.0 Å². The summed E-state index contributed by atoms with van der Waals surface area (Å²) in [6, 6.07) is 19.0. The molecule has 6 heteroatoms. The number of carbonyl (C=O) groups is 2. The van der Waals surface area contributed by atoms with E-state index in [1.54, 1.807) is 30.3 Å². The minimum absolute atomic E-state index is 0.00903. The monoisotopic (exact) mass is 545 g/mol. The van der Waals surface area contributed by atoms with Crippen LogP contribution in [0.2, 0.25) is 5.02 Å². The first-order valence-electron chi connectivity index (χ1n) is 12.5. The van der Waals surface area contributed by atoms with Crippen LogP contribution in [0.5, 0.6) is 5.75 Å². The van der Waals surface area contributed by atoms with E-state index in [-0.39, 0.29) is 27.5 Å². The van der Waals surface area contributed by atoms with E-state index in [1.807, 2.05) is 26.0 Å². The number of ketones is 1. The number of amides is 1. The molecule has 1 amide bonds. The van der Waals surface area contributed by atoms with Crippen molar-refractivity contribution < 1.29 is 14.7 Å². The highest BCUT2D eigenvalue weighted by Crippen LogP contribution is 2.39. The molecule has 0 heterocycles. The number of rotatable bonds is 7. The largest absolute Gasteiger partial charge is 0.506 e. The molecular formula is C32H29Cl2NO3. The second kappa shape index (κ2) is 11.8. The van der Waals surface area contributed by atoms with E-state index < -0.39 is 0 Å². The Balaban J connectivity index is 1.62. The van der Waals surface area contributed by atoms with Gasteiger partial charge in [-0.25, -0.2) is 0 Å². The molecule has 0 fully saturated rings. The van der Waals surface area contributed by atoms with Gasteiger partial charge in [-0.3, -0.25) is 9.59 Å². The number of nitrogens with one attached hydrogen (secondary N) is 1. The smallest absolute Gasteiger partial charge is 0.251 e. The molecule has 2 N–H and O–H groups in total. The number of phenolic OH excluding ortho intramolecular Hbond substituents is 1. The number of hydrogen-bond acceptors (Lipinski definition) is 3. The fraction of sp³-hybridized carbons (Fsp3) is 0.188. The summed E-state index contributed by atoms with van der Waals surface area (Å²) in [7, 11) is 0. The SMILES string of the molecule is CCc1ccc(CCNC(=O)c2ccc(/C(=C3\C=C(Cl)C(=O)C=C3C)c3cc(Cl)c(O)cc3C)cc2)cc1. The van der Waals surface area contributed by atoms with Crippen molar-refractivity contribution in [1.29, 1.82) is 0 Å². The number of allylic oxidation sites excluding steroid dienone is 5. The zero-order chi connectivity index (χ0) is 27.4. The molecule has 4 nitrogen and oxygen atoms in total. The zero-order valence-electron chi connectivity index (χ0n) is 21.6. The highest BCUT2D eigenvalue weighted by molar-refractivity contribution is 6.45. The minimum atomic E-state index is -0.249. The molecule has 3 aromatic rings. The summed E-state index contributed by atoms with van der Waals surface area (Å²) in [6.45, 7) is 6.39. The highest BCUT2D eigenvalue weighted by Gasteiger charge is 2.21. The predicted octanol–water partition coefficient (Wildman–Crippen LogP) is 7.34. The molecule has 0 aromatic heterocycles. The van der Waals surface area contributed by atoms with Gasteiger partial charge in [0.1, 0.15) is 5.75 Å². The minimum Gasteiger partial charge on any atom is -0.506 e. The van der Waals surface area contributed by atoms with Crippen LogP contribution in [0.3, 0.4) is 0 Å². The van der Waals surface area contributed by atoms with Crippen molar-refractivity contribution in [2.45, 2.75) is 33.6 Å². The lowest BCUT2D eigenvalue weighted by molar-refractivity contribution is -0.110. The van der Waals surface area contributed by atoms with Crippen molar-refractivity contribution in [3.63, 3.8) is 0 Å². The number of aryl methyl sites for hydroxylation is 2. The second-order valence-corrected chi connectivity index (χ2v) is 10.2. The number of hydrogen-bond donors (Lipinski definition) is 2. The molecule has 3 aromatic carbocycles. The molecule has 38 heavy (non-hydrogen) atoms. The second-order valence-electron chi connectivity index (χ2n) is 9.34. The molecule has 0 aliphatic heterocycles. The van der Waals surface area contributed by atoms with E-state index in [2.05, 4.69) is 36.5 Å². The average Bonchev–Trinajstić information content (AvgIpc) is 2.90. The highest BCUT2D eigenvalue weighted by atomic mass is 35.5. The Hall–Kier alpha value is -3.60.